The van der Waals surface area contributed by atoms with Gasteiger partial charge in [0.25, 0.3) is 0 Å². The highest BCUT2D eigenvalue weighted by atomic mass is 16.5. The first-order valence-corrected chi connectivity index (χ1v) is 5.85. The molecular formula is C13H17NO2. The van der Waals surface area contributed by atoms with Gasteiger partial charge in [-0.1, -0.05) is 6.07 Å². The van der Waals surface area contributed by atoms with Gasteiger partial charge in [-0.15, -0.1) is 0 Å². The normalized spacial score (nSPS) is 21.6. The van der Waals surface area contributed by atoms with Crippen LogP contribution in [0, 0.1) is 0 Å². The van der Waals surface area contributed by atoms with Gasteiger partial charge in [0.1, 0.15) is 5.75 Å². The van der Waals surface area contributed by atoms with Gasteiger partial charge in [-0.05, 0) is 25.0 Å². The van der Waals surface area contributed by atoms with Crippen LogP contribution >= 0.6 is 0 Å². The molecule has 3 rings (SSSR count). The van der Waals surface area contributed by atoms with Crippen LogP contribution in [0.5, 0.6) is 5.75 Å². The number of hydrogen-bond acceptors (Lipinski definition) is 3. The van der Waals surface area contributed by atoms with Crippen molar-refractivity contribution in [1.82, 2.24) is 0 Å². The zero-order valence-electron chi connectivity index (χ0n) is 9.58. The van der Waals surface area contributed by atoms with Gasteiger partial charge in [0.2, 0.25) is 0 Å². The molecule has 86 valence electrons. The molecule has 1 spiro atoms. The molecule has 0 radical (unpaired) electrons. The number of nitrogens with one attached hydrogen (secondary N) is 1. The Morgan fingerprint density at radius 3 is 2.88 bits per heavy atom. The Morgan fingerprint density at radius 1 is 1.31 bits per heavy atom. The summed E-state index contributed by atoms with van der Waals surface area (Å²) in [6.45, 7) is 2.74. The van der Waals surface area contributed by atoms with Crippen LogP contribution in [0.2, 0.25) is 0 Å². The summed E-state index contributed by atoms with van der Waals surface area (Å²) < 4.78 is 11.0. The molecule has 0 bridgehead atoms. The van der Waals surface area contributed by atoms with Crippen molar-refractivity contribution in [3.05, 3.63) is 23.8 Å². The quantitative estimate of drug-likeness (QED) is 0.785. The van der Waals surface area contributed by atoms with Crippen LogP contribution in [0.15, 0.2) is 18.2 Å². The summed E-state index contributed by atoms with van der Waals surface area (Å²) in [6, 6.07) is 6.24. The second-order valence-electron chi connectivity index (χ2n) is 4.63. The monoisotopic (exact) mass is 219 g/mol. The SMILES string of the molecule is COc1cccc2c1C1(CCOCC1)CN2. The maximum Gasteiger partial charge on any atom is 0.124 e. The predicted molar refractivity (Wildman–Crippen MR) is 63.2 cm³/mol. The van der Waals surface area contributed by atoms with Gasteiger partial charge in [0, 0.05) is 36.4 Å². The molecule has 0 unspecified atom stereocenters. The minimum atomic E-state index is 0.236. The van der Waals surface area contributed by atoms with Gasteiger partial charge in [-0.3, -0.25) is 0 Å². The molecule has 0 aliphatic carbocycles. The Morgan fingerprint density at radius 2 is 2.12 bits per heavy atom. The lowest BCUT2D eigenvalue weighted by Gasteiger charge is -2.34. The van der Waals surface area contributed by atoms with E-state index in [1.54, 1.807) is 7.11 Å². The second kappa shape index (κ2) is 3.67. The molecule has 3 nitrogen and oxygen atoms in total. The molecule has 0 amide bonds. The van der Waals surface area contributed by atoms with Gasteiger partial charge in [0.05, 0.1) is 7.11 Å². The zero-order valence-corrected chi connectivity index (χ0v) is 9.58. The van der Waals surface area contributed by atoms with Crippen molar-refractivity contribution in [2.45, 2.75) is 18.3 Å². The third-order valence-electron chi connectivity index (χ3n) is 3.84. The molecule has 16 heavy (non-hydrogen) atoms. The Kier molecular flexibility index (Phi) is 2.28. The average molecular weight is 219 g/mol. The zero-order chi connectivity index (χ0) is 11.0. The van der Waals surface area contributed by atoms with Crippen LogP contribution in [-0.2, 0) is 10.2 Å². The standard InChI is InChI=1S/C13H17NO2/c1-15-11-4-2-3-10-12(11)13(9-14-10)5-7-16-8-6-13/h2-4,14H,5-9H2,1H3. The summed E-state index contributed by atoms with van der Waals surface area (Å²) >= 11 is 0. The number of fused-ring (bicyclic) bond motifs is 2. The number of anilines is 1. The predicted octanol–water partition coefficient (Wildman–Crippen LogP) is 2.17. The maximum absolute atomic E-state index is 5.50. The minimum Gasteiger partial charge on any atom is -0.496 e. The van der Waals surface area contributed by atoms with Gasteiger partial charge < -0.3 is 14.8 Å². The highest BCUT2D eigenvalue weighted by molar-refractivity contribution is 5.66. The van der Waals surface area contributed by atoms with E-state index in [0.717, 1.165) is 38.3 Å². The average Bonchev–Trinajstić information content (AvgIpc) is 2.70. The molecule has 0 saturated carbocycles. The van der Waals surface area contributed by atoms with E-state index < -0.39 is 0 Å². The molecule has 2 heterocycles. The molecule has 0 aromatic heterocycles. The van der Waals surface area contributed by atoms with Crippen molar-refractivity contribution in [2.75, 3.05) is 32.2 Å². The van der Waals surface area contributed by atoms with Crippen molar-refractivity contribution in [3.8, 4) is 5.75 Å². The number of ether oxygens (including phenoxy) is 2. The fourth-order valence-electron chi connectivity index (χ4n) is 2.94. The lowest BCUT2D eigenvalue weighted by atomic mass is 9.75. The lowest BCUT2D eigenvalue weighted by Crippen LogP contribution is -2.35. The van der Waals surface area contributed by atoms with Crippen molar-refractivity contribution < 1.29 is 9.47 Å². The first kappa shape index (κ1) is 9.97. The van der Waals surface area contributed by atoms with Gasteiger partial charge in [-0.2, -0.15) is 0 Å². The lowest BCUT2D eigenvalue weighted by molar-refractivity contribution is 0.0560. The summed E-state index contributed by atoms with van der Waals surface area (Å²) in [5, 5.41) is 3.50. The van der Waals surface area contributed by atoms with Crippen LogP contribution in [0.25, 0.3) is 0 Å². The van der Waals surface area contributed by atoms with Gasteiger partial charge in [0.15, 0.2) is 0 Å². The highest BCUT2D eigenvalue weighted by Crippen LogP contribution is 2.47. The van der Waals surface area contributed by atoms with E-state index in [1.807, 2.05) is 6.07 Å². The second-order valence-corrected chi connectivity index (χ2v) is 4.63. The topological polar surface area (TPSA) is 30.5 Å². The Balaban J connectivity index is 2.08. The van der Waals surface area contributed by atoms with E-state index in [-0.39, 0.29) is 5.41 Å². The molecule has 2 aliphatic rings. The Hall–Kier alpha value is -1.22. The van der Waals surface area contributed by atoms with Crippen LogP contribution in [0.1, 0.15) is 18.4 Å². The summed E-state index contributed by atoms with van der Waals surface area (Å²) in [7, 11) is 1.75. The summed E-state index contributed by atoms with van der Waals surface area (Å²) in [5.74, 6) is 1.02. The molecule has 1 saturated heterocycles. The third-order valence-corrected chi connectivity index (χ3v) is 3.84. The molecule has 2 aliphatic heterocycles. The number of rotatable bonds is 1. The van der Waals surface area contributed by atoms with E-state index in [2.05, 4.69) is 17.4 Å². The molecule has 1 fully saturated rings. The van der Waals surface area contributed by atoms with Crippen molar-refractivity contribution in [3.63, 3.8) is 0 Å². The van der Waals surface area contributed by atoms with Crippen LogP contribution < -0.4 is 10.1 Å². The van der Waals surface area contributed by atoms with Crippen molar-refractivity contribution >= 4 is 5.69 Å². The fourth-order valence-corrected chi connectivity index (χ4v) is 2.94. The summed E-state index contributed by atoms with van der Waals surface area (Å²) in [5.41, 5.74) is 2.84. The first-order valence-electron chi connectivity index (χ1n) is 5.85. The molecular weight excluding hydrogens is 202 g/mol. The molecule has 1 N–H and O–H groups in total. The van der Waals surface area contributed by atoms with Crippen LogP contribution in [0.3, 0.4) is 0 Å². The van der Waals surface area contributed by atoms with E-state index in [9.17, 15) is 0 Å². The van der Waals surface area contributed by atoms with Crippen molar-refractivity contribution in [2.24, 2.45) is 0 Å². The summed E-state index contributed by atoms with van der Waals surface area (Å²) in [4.78, 5) is 0. The largest absolute Gasteiger partial charge is 0.496 e. The van der Waals surface area contributed by atoms with E-state index in [1.165, 1.54) is 11.3 Å². The summed E-state index contributed by atoms with van der Waals surface area (Å²) in [6.07, 6.45) is 2.18. The van der Waals surface area contributed by atoms with Gasteiger partial charge >= 0.3 is 0 Å². The Labute approximate surface area is 95.8 Å². The number of benzene rings is 1. The smallest absolute Gasteiger partial charge is 0.124 e. The fraction of sp³-hybridized carbons (Fsp3) is 0.538. The maximum atomic E-state index is 5.50. The first-order chi connectivity index (χ1) is 7.86. The van der Waals surface area contributed by atoms with E-state index >= 15 is 0 Å². The number of hydrogen-bond donors (Lipinski definition) is 1. The number of methoxy groups -OCH3 is 1. The Bertz CT molecular complexity index is 391. The third kappa shape index (κ3) is 1.31. The van der Waals surface area contributed by atoms with E-state index in [0.29, 0.717) is 0 Å². The molecule has 1 aromatic rings. The molecule has 3 heteroatoms. The molecule has 1 aromatic carbocycles. The minimum absolute atomic E-state index is 0.236. The van der Waals surface area contributed by atoms with Crippen LogP contribution in [0.4, 0.5) is 5.69 Å². The van der Waals surface area contributed by atoms with Crippen LogP contribution in [-0.4, -0.2) is 26.9 Å². The van der Waals surface area contributed by atoms with Gasteiger partial charge in [-0.25, -0.2) is 0 Å². The van der Waals surface area contributed by atoms with Crippen molar-refractivity contribution in [1.29, 1.82) is 0 Å². The molecule has 0 atom stereocenters. The highest BCUT2D eigenvalue weighted by Gasteiger charge is 2.42. The van der Waals surface area contributed by atoms with E-state index in [4.69, 9.17) is 9.47 Å².